The van der Waals surface area contributed by atoms with E-state index in [0.717, 1.165) is 24.7 Å². The van der Waals surface area contributed by atoms with Crippen LogP contribution in [0.4, 0.5) is 0 Å². The third-order valence-corrected chi connectivity index (χ3v) is 2.49. The van der Waals surface area contributed by atoms with Crippen molar-refractivity contribution in [1.82, 2.24) is 15.3 Å². The van der Waals surface area contributed by atoms with Crippen LogP contribution in [0.2, 0.25) is 0 Å². The highest BCUT2D eigenvalue weighted by Gasteiger charge is 2.14. The van der Waals surface area contributed by atoms with Crippen LogP contribution in [-0.2, 0) is 6.42 Å². The summed E-state index contributed by atoms with van der Waals surface area (Å²) in [5.74, 6) is 1.72. The Kier molecular flexibility index (Phi) is 2.87. The number of rotatable bonds is 2. The molecule has 1 atom stereocenters. The molecule has 1 aromatic heterocycles. The molecule has 0 radical (unpaired) electrons. The summed E-state index contributed by atoms with van der Waals surface area (Å²) in [7, 11) is 0. The molecule has 2 heterocycles. The van der Waals surface area contributed by atoms with Gasteiger partial charge >= 0.3 is 0 Å². The second-order valence-corrected chi connectivity index (χ2v) is 3.58. The van der Waals surface area contributed by atoms with Gasteiger partial charge in [-0.15, -0.1) is 0 Å². The van der Waals surface area contributed by atoms with Crippen molar-refractivity contribution in [2.24, 2.45) is 5.92 Å². The average Bonchev–Trinajstić information content (AvgIpc) is 2.21. The van der Waals surface area contributed by atoms with E-state index in [4.69, 9.17) is 0 Å². The van der Waals surface area contributed by atoms with Crippen LogP contribution < -0.4 is 5.32 Å². The number of hydrogen-bond acceptors (Lipinski definition) is 3. The van der Waals surface area contributed by atoms with E-state index < -0.39 is 0 Å². The molecule has 0 amide bonds. The molecule has 0 aromatic carbocycles. The predicted octanol–water partition coefficient (Wildman–Crippen LogP) is 1.02. The number of nitrogens with zero attached hydrogens (tertiary/aromatic N) is 2. The minimum atomic E-state index is 0.733. The minimum absolute atomic E-state index is 0.733. The van der Waals surface area contributed by atoms with Gasteiger partial charge in [-0.2, -0.15) is 0 Å². The zero-order valence-corrected chi connectivity index (χ0v) is 7.74. The molecule has 0 unspecified atom stereocenters. The number of piperidine rings is 1. The first-order chi connectivity index (χ1) is 6.45. The summed E-state index contributed by atoms with van der Waals surface area (Å²) >= 11 is 0. The summed E-state index contributed by atoms with van der Waals surface area (Å²) < 4.78 is 0. The van der Waals surface area contributed by atoms with Crippen molar-refractivity contribution >= 4 is 0 Å². The Hall–Kier alpha value is -0.960. The van der Waals surface area contributed by atoms with E-state index in [9.17, 15) is 0 Å². The maximum Gasteiger partial charge on any atom is 0.128 e. The van der Waals surface area contributed by atoms with Gasteiger partial charge < -0.3 is 5.32 Å². The second-order valence-electron chi connectivity index (χ2n) is 3.58. The van der Waals surface area contributed by atoms with Gasteiger partial charge in [-0.3, -0.25) is 0 Å². The van der Waals surface area contributed by atoms with Gasteiger partial charge in [0.2, 0.25) is 0 Å². The highest BCUT2D eigenvalue weighted by Crippen LogP contribution is 2.13. The minimum Gasteiger partial charge on any atom is -0.316 e. The van der Waals surface area contributed by atoms with Gasteiger partial charge in [0.25, 0.3) is 0 Å². The van der Waals surface area contributed by atoms with Gasteiger partial charge in [0.15, 0.2) is 0 Å². The fourth-order valence-electron chi connectivity index (χ4n) is 1.79. The molecule has 0 spiro atoms. The van der Waals surface area contributed by atoms with E-state index in [1.54, 1.807) is 0 Å². The first-order valence-electron chi connectivity index (χ1n) is 4.92. The molecule has 0 bridgehead atoms. The van der Waals surface area contributed by atoms with Crippen LogP contribution in [0.1, 0.15) is 18.7 Å². The lowest BCUT2D eigenvalue weighted by Gasteiger charge is -2.21. The van der Waals surface area contributed by atoms with Crippen LogP contribution in [0, 0.1) is 5.92 Å². The van der Waals surface area contributed by atoms with Gasteiger partial charge in [0.1, 0.15) is 5.82 Å². The van der Waals surface area contributed by atoms with Crippen molar-refractivity contribution in [3.63, 3.8) is 0 Å². The molecule has 0 saturated carbocycles. The van der Waals surface area contributed by atoms with Crippen LogP contribution in [0.15, 0.2) is 18.5 Å². The van der Waals surface area contributed by atoms with Crippen molar-refractivity contribution in [1.29, 1.82) is 0 Å². The normalized spacial score (nSPS) is 22.9. The second kappa shape index (κ2) is 4.33. The van der Waals surface area contributed by atoms with Crippen LogP contribution in [-0.4, -0.2) is 23.1 Å². The van der Waals surface area contributed by atoms with Gasteiger partial charge in [-0.25, -0.2) is 9.97 Å². The van der Waals surface area contributed by atoms with Crippen molar-refractivity contribution in [3.8, 4) is 0 Å². The Labute approximate surface area is 78.6 Å². The molecular weight excluding hydrogens is 162 g/mol. The maximum absolute atomic E-state index is 4.23. The van der Waals surface area contributed by atoms with Crippen LogP contribution in [0.5, 0.6) is 0 Å². The van der Waals surface area contributed by atoms with Crippen molar-refractivity contribution in [2.75, 3.05) is 13.1 Å². The molecule has 13 heavy (non-hydrogen) atoms. The lowest BCUT2D eigenvalue weighted by Crippen LogP contribution is -2.31. The quantitative estimate of drug-likeness (QED) is 0.733. The molecule has 1 aliphatic heterocycles. The van der Waals surface area contributed by atoms with Gasteiger partial charge in [-0.05, 0) is 37.9 Å². The molecule has 70 valence electrons. The lowest BCUT2D eigenvalue weighted by molar-refractivity contribution is 0.370. The number of nitrogens with one attached hydrogen (secondary N) is 1. The first-order valence-corrected chi connectivity index (χ1v) is 4.92. The Bertz CT molecular complexity index is 242. The van der Waals surface area contributed by atoms with Crippen molar-refractivity contribution in [3.05, 3.63) is 24.3 Å². The molecule has 0 aliphatic carbocycles. The molecule has 1 saturated heterocycles. The summed E-state index contributed by atoms with van der Waals surface area (Å²) in [5.41, 5.74) is 0. The Morgan fingerprint density at radius 1 is 1.38 bits per heavy atom. The third-order valence-electron chi connectivity index (χ3n) is 2.49. The summed E-state index contributed by atoms with van der Waals surface area (Å²) in [6.45, 7) is 2.30. The standard InChI is InChI=1S/C10H15N3/c1-3-9(8-11-4-1)7-10-12-5-2-6-13-10/h2,5-6,9,11H,1,3-4,7-8H2/t9-/m0/s1. The molecular formula is C10H15N3. The third kappa shape index (κ3) is 2.49. The molecule has 2 rings (SSSR count). The highest BCUT2D eigenvalue weighted by molar-refractivity contribution is 4.91. The van der Waals surface area contributed by atoms with Crippen molar-refractivity contribution in [2.45, 2.75) is 19.3 Å². The largest absolute Gasteiger partial charge is 0.316 e. The fraction of sp³-hybridized carbons (Fsp3) is 0.600. The lowest BCUT2D eigenvalue weighted by atomic mass is 9.96. The van der Waals surface area contributed by atoms with E-state index in [1.807, 2.05) is 18.5 Å². The van der Waals surface area contributed by atoms with Crippen molar-refractivity contribution < 1.29 is 0 Å². The summed E-state index contributed by atoms with van der Waals surface area (Å²) in [5, 5.41) is 3.40. The smallest absolute Gasteiger partial charge is 0.128 e. The van der Waals surface area contributed by atoms with Gasteiger partial charge in [0.05, 0.1) is 0 Å². The Morgan fingerprint density at radius 3 is 2.92 bits per heavy atom. The summed E-state index contributed by atoms with van der Waals surface area (Å²) in [4.78, 5) is 8.47. The number of hydrogen-bond donors (Lipinski definition) is 1. The molecule has 1 fully saturated rings. The zero-order valence-electron chi connectivity index (χ0n) is 7.74. The van der Waals surface area contributed by atoms with E-state index in [-0.39, 0.29) is 0 Å². The average molecular weight is 177 g/mol. The van der Waals surface area contributed by atoms with E-state index in [2.05, 4.69) is 15.3 Å². The molecule has 1 aromatic rings. The van der Waals surface area contributed by atoms with E-state index >= 15 is 0 Å². The van der Waals surface area contributed by atoms with E-state index in [0.29, 0.717) is 0 Å². The summed E-state index contributed by atoms with van der Waals surface area (Å²) in [6.07, 6.45) is 7.26. The molecule has 1 N–H and O–H groups in total. The van der Waals surface area contributed by atoms with E-state index in [1.165, 1.54) is 19.4 Å². The monoisotopic (exact) mass is 177 g/mol. The SMILES string of the molecule is c1cnc(C[C@@H]2CCCNC2)nc1. The fourth-order valence-corrected chi connectivity index (χ4v) is 1.79. The molecule has 1 aliphatic rings. The first kappa shape index (κ1) is 8.63. The predicted molar refractivity (Wildman–Crippen MR) is 51.3 cm³/mol. The van der Waals surface area contributed by atoms with Crippen LogP contribution in [0.3, 0.4) is 0 Å². The number of aromatic nitrogens is 2. The topological polar surface area (TPSA) is 37.8 Å². The highest BCUT2D eigenvalue weighted by atomic mass is 14.9. The molecule has 3 nitrogen and oxygen atoms in total. The van der Waals surface area contributed by atoms with Crippen LogP contribution in [0.25, 0.3) is 0 Å². The Morgan fingerprint density at radius 2 is 2.23 bits per heavy atom. The van der Waals surface area contributed by atoms with Gasteiger partial charge in [0, 0.05) is 18.8 Å². The molecule has 3 heteroatoms. The van der Waals surface area contributed by atoms with Crippen LogP contribution >= 0.6 is 0 Å². The zero-order chi connectivity index (χ0) is 8.93. The van der Waals surface area contributed by atoms with Gasteiger partial charge in [-0.1, -0.05) is 0 Å². The summed E-state index contributed by atoms with van der Waals surface area (Å²) in [6, 6.07) is 1.86. The Balaban J connectivity index is 1.90. The maximum atomic E-state index is 4.23.